The van der Waals surface area contributed by atoms with E-state index in [1.807, 2.05) is 6.92 Å². The molecule has 0 amide bonds. The van der Waals surface area contributed by atoms with Crippen molar-refractivity contribution < 1.29 is 0 Å². The van der Waals surface area contributed by atoms with Crippen LogP contribution in [0.15, 0.2) is 18.3 Å². The lowest BCUT2D eigenvalue weighted by atomic mass is 9.64. The summed E-state index contributed by atoms with van der Waals surface area (Å²) in [5.74, 6) is 2.01. The van der Waals surface area contributed by atoms with Gasteiger partial charge in [-0.15, -0.1) is 0 Å². The molecular weight excluding hydrogens is 232 g/mol. The Morgan fingerprint density at radius 1 is 1.26 bits per heavy atom. The van der Waals surface area contributed by atoms with E-state index in [0.717, 1.165) is 18.2 Å². The van der Waals surface area contributed by atoms with Gasteiger partial charge in [0.2, 0.25) is 0 Å². The first-order valence-corrected chi connectivity index (χ1v) is 7.54. The number of pyridine rings is 1. The number of hydrogen-bond donors (Lipinski definition) is 1. The van der Waals surface area contributed by atoms with Crippen molar-refractivity contribution in [2.45, 2.75) is 52.9 Å². The summed E-state index contributed by atoms with van der Waals surface area (Å²) in [6.45, 7) is 9.94. The zero-order valence-electron chi connectivity index (χ0n) is 12.8. The quantitative estimate of drug-likeness (QED) is 0.876. The molecule has 2 nitrogen and oxygen atoms in total. The maximum absolute atomic E-state index is 5.99. The zero-order chi connectivity index (χ0) is 14.0. The molecule has 2 N–H and O–H groups in total. The van der Waals surface area contributed by atoms with E-state index in [1.165, 1.54) is 24.8 Å². The van der Waals surface area contributed by atoms with Crippen molar-refractivity contribution in [1.29, 1.82) is 0 Å². The molecule has 0 bridgehead atoms. The molecule has 0 radical (unpaired) electrons. The molecule has 106 valence electrons. The lowest BCUT2D eigenvalue weighted by Gasteiger charge is -2.41. The van der Waals surface area contributed by atoms with Gasteiger partial charge in [-0.25, -0.2) is 0 Å². The molecule has 1 fully saturated rings. The highest BCUT2D eigenvalue weighted by Gasteiger charge is 2.35. The number of nitrogens with two attached hydrogens (primary N) is 1. The summed E-state index contributed by atoms with van der Waals surface area (Å²) in [6.07, 6.45) is 5.90. The van der Waals surface area contributed by atoms with E-state index in [-0.39, 0.29) is 0 Å². The van der Waals surface area contributed by atoms with Crippen LogP contribution < -0.4 is 5.73 Å². The highest BCUT2D eigenvalue weighted by atomic mass is 14.7. The largest absolute Gasteiger partial charge is 0.330 e. The van der Waals surface area contributed by atoms with E-state index in [4.69, 9.17) is 5.73 Å². The summed E-state index contributed by atoms with van der Waals surface area (Å²) >= 11 is 0. The van der Waals surface area contributed by atoms with Crippen molar-refractivity contribution in [2.75, 3.05) is 6.54 Å². The van der Waals surface area contributed by atoms with Crippen molar-refractivity contribution in [3.05, 3.63) is 29.6 Å². The fraction of sp³-hybridized carbons (Fsp3) is 0.706. The molecule has 1 aromatic heterocycles. The standard InChI is InChI=1S/C17H28N2/c1-12-5-6-14(11-19-12)16-9-15(17(2,3)4)8-7-13(16)10-18/h5-6,11,13,15-16H,7-10,18H2,1-4H3. The summed E-state index contributed by atoms with van der Waals surface area (Å²) in [7, 11) is 0. The van der Waals surface area contributed by atoms with Crippen LogP contribution in [0.3, 0.4) is 0 Å². The first kappa shape index (κ1) is 14.5. The Kier molecular flexibility index (Phi) is 4.29. The summed E-state index contributed by atoms with van der Waals surface area (Å²) in [5.41, 5.74) is 8.87. The normalized spacial score (nSPS) is 28.4. The summed E-state index contributed by atoms with van der Waals surface area (Å²) < 4.78 is 0. The van der Waals surface area contributed by atoms with Crippen LogP contribution in [-0.4, -0.2) is 11.5 Å². The fourth-order valence-corrected chi connectivity index (χ4v) is 3.41. The lowest BCUT2D eigenvalue weighted by Crippen LogP contribution is -2.34. The van der Waals surface area contributed by atoms with Crippen LogP contribution in [0.4, 0.5) is 0 Å². The summed E-state index contributed by atoms with van der Waals surface area (Å²) in [4.78, 5) is 4.47. The average Bonchev–Trinajstić information content (AvgIpc) is 2.38. The molecule has 0 saturated heterocycles. The molecule has 0 spiro atoms. The van der Waals surface area contributed by atoms with Gasteiger partial charge in [0.25, 0.3) is 0 Å². The van der Waals surface area contributed by atoms with Gasteiger partial charge < -0.3 is 5.73 Å². The molecule has 2 rings (SSSR count). The number of aromatic nitrogens is 1. The van der Waals surface area contributed by atoms with Crippen molar-refractivity contribution in [3.8, 4) is 0 Å². The monoisotopic (exact) mass is 260 g/mol. The van der Waals surface area contributed by atoms with Gasteiger partial charge in [-0.1, -0.05) is 26.8 Å². The van der Waals surface area contributed by atoms with Gasteiger partial charge in [0.05, 0.1) is 0 Å². The van der Waals surface area contributed by atoms with Crippen LogP contribution in [0.1, 0.15) is 57.2 Å². The van der Waals surface area contributed by atoms with Crippen molar-refractivity contribution in [3.63, 3.8) is 0 Å². The van der Waals surface area contributed by atoms with Crippen LogP contribution in [0.25, 0.3) is 0 Å². The van der Waals surface area contributed by atoms with Gasteiger partial charge in [-0.3, -0.25) is 4.98 Å². The molecule has 3 unspecified atom stereocenters. The molecule has 1 saturated carbocycles. The Balaban J connectivity index is 2.21. The fourth-order valence-electron chi connectivity index (χ4n) is 3.41. The maximum Gasteiger partial charge on any atom is 0.0372 e. The van der Waals surface area contributed by atoms with E-state index in [2.05, 4.69) is 44.1 Å². The third-order valence-corrected chi connectivity index (χ3v) is 4.88. The highest BCUT2D eigenvalue weighted by molar-refractivity contribution is 5.20. The van der Waals surface area contributed by atoms with Crippen molar-refractivity contribution >= 4 is 0 Å². The van der Waals surface area contributed by atoms with E-state index in [1.54, 1.807) is 0 Å². The van der Waals surface area contributed by atoms with Gasteiger partial charge in [0.15, 0.2) is 0 Å². The Bertz CT molecular complexity index is 402. The first-order chi connectivity index (χ1) is 8.91. The molecular formula is C17H28N2. The van der Waals surface area contributed by atoms with Gasteiger partial charge in [0, 0.05) is 11.9 Å². The van der Waals surface area contributed by atoms with Crippen LogP contribution in [-0.2, 0) is 0 Å². The second kappa shape index (κ2) is 5.62. The minimum Gasteiger partial charge on any atom is -0.330 e. The second-order valence-corrected chi connectivity index (χ2v) is 7.21. The van der Waals surface area contributed by atoms with Gasteiger partial charge in [-0.05, 0) is 67.5 Å². The van der Waals surface area contributed by atoms with Crippen LogP contribution in [0, 0.1) is 24.2 Å². The first-order valence-electron chi connectivity index (χ1n) is 7.54. The highest BCUT2D eigenvalue weighted by Crippen LogP contribution is 2.46. The smallest absolute Gasteiger partial charge is 0.0372 e. The Hall–Kier alpha value is -0.890. The zero-order valence-corrected chi connectivity index (χ0v) is 12.8. The number of aryl methyl sites for hydroxylation is 1. The maximum atomic E-state index is 5.99. The van der Waals surface area contributed by atoms with Crippen LogP contribution in [0.5, 0.6) is 0 Å². The SMILES string of the molecule is Cc1ccc(C2CC(C(C)(C)C)CCC2CN)cn1. The molecule has 0 aliphatic heterocycles. The topological polar surface area (TPSA) is 38.9 Å². The Morgan fingerprint density at radius 3 is 2.53 bits per heavy atom. The number of rotatable bonds is 2. The van der Waals surface area contributed by atoms with Gasteiger partial charge >= 0.3 is 0 Å². The van der Waals surface area contributed by atoms with E-state index in [0.29, 0.717) is 17.3 Å². The molecule has 19 heavy (non-hydrogen) atoms. The number of nitrogens with zero attached hydrogens (tertiary/aromatic N) is 1. The lowest BCUT2D eigenvalue weighted by molar-refractivity contribution is 0.133. The third kappa shape index (κ3) is 3.36. The minimum atomic E-state index is 0.399. The molecule has 0 aromatic carbocycles. The molecule has 1 aliphatic rings. The molecule has 1 aliphatic carbocycles. The number of hydrogen-bond acceptors (Lipinski definition) is 2. The van der Waals surface area contributed by atoms with E-state index < -0.39 is 0 Å². The second-order valence-electron chi connectivity index (χ2n) is 7.21. The molecule has 1 heterocycles. The predicted octanol–water partition coefficient (Wildman–Crippen LogP) is 3.89. The minimum absolute atomic E-state index is 0.399. The van der Waals surface area contributed by atoms with Crippen molar-refractivity contribution in [1.82, 2.24) is 4.98 Å². The predicted molar refractivity (Wildman–Crippen MR) is 81.1 cm³/mol. The summed E-state index contributed by atoms with van der Waals surface area (Å²) in [6, 6.07) is 4.38. The molecule has 3 atom stereocenters. The van der Waals surface area contributed by atoms with Gasteiger partial charge in [0.1, 0.15) is 0 Å². The van der Waals surface area contributed by atoms with Crippen LogP contribution in [0.2, 0.25) is 0 Å². The third-order valence-electron chi connectivity index (χ3n) is 4.88. The molecule has 1 aromatic rings. The Morgan fingerprint density at radius 2 is 2.00 bits per heavy atom. The average molecular weight is 260 g/mol. The van der Waals surface area contributed by atoms with E-state index >= 15 is 0 Å². The summed E-state index contributed by atoms with van der Waals surface area (Å²) in [5, 5.41) is 0. The van der Waals surface area contributed by atoms with Crippen molar-refractivity contribution in [2.24, 2.45) is 23.0 Å². The van der Waals surface area contributed by atoms with Gasteiger partial charge in [-0.2, -0.15) is 0 Å². The molecule has 2 heteroatoms. The van der Waals surface area contributed by atoms with E-state index in [9.17, 15) is 0 Å². The van der Waals surface area contributed by atoms with Crippen LogP contribution >= 0.6 is 0 Å². The Labute approximate surface area is 117 Å².